The Morgan fingerprint density at radius 3 is 3.00 bits per heavy atom. The first-order valence-electron chi connectivity index (χ1n) is 6.86. The first-order chi connectivity index (χ1) is 9.22. The lowest BCUT2D eigenvalue weighted by atomic mass is 10.1. The molecule has 1 fully saturated rings. The third kappa shape index (κ3) is 2.92. The summed E-state index contributed by atoms with van der Waals surface area (Å²) in [5.74, 6) is 2.30. The molecule has 3 rings (SSSR count). The molecule has 0 saturated heterocycles. The summed E-state index contributed by atoms with van der Waals surface area (Å²) in [6, 6.07) is 4.12. The van der Waals surface area contributed by atoms with Crippen molar-refractivity contribution in [2.75, 3.05) is 11.1 Å². The molecule has 2 aromatic heterocycles. The quantitative estimate of drug-likeness (QED) is 0.861. The van der Waals surface area contributed by atoms with Crippen LogP contribution in [0.1, 0.15) is 32.6 Å². The smallest absolute Gasteiger partial charge is 0.166 e. The molecule has 0 bridgehead atoms. The molecule has 0 aliphatic heterocycles. The van der Waals surface area contributed by atoms with Gasteiger partial charge in [-0.1, -0.05) is 12.8 Å². The fourth-order valence-electron chi connectivity index (χ4n) is 2.27. The van der Waals surface area contributed by atoms with Crippen LogP contribution in [-0.4, -0.2) is 21.0 Å². The molecule has 5 nitrogen and oxygen atoms in total. The highest BCUT2D eigenvalue weighted by molar-refractivity contribution is 5.87. The van der Waals surface area contributed by atoms with Crippen LogP contribution in [-0.2, 0) is 0 Å². The number of aromatic nitrogens is 3. The first kappa shape index (κ1) is 12.1. The van der Waals surface area contributed by atoms with Crippen molar-refractivity contribution in [2.24, 2.45) is 5.92 Å². The fourth-order valence-corrected chi connectivity index (χ4v) is 2.27. The summed E-state index contributed by atoms with van der Waals surface area (Å²) in [4.78, 5) is 12.7. The Labute approximate surface area is 112 Å². The van der Waals surface area contributed by atoms with Crippen LogP contribution in [0, 0.1) is 5.92 Å². The monoisotopic (exact) mass is 257 g/mol. The zero-order valence-electron chi connectivity index (χ0n) is 11.1. The van der Waals surface area contributed by atoms with Crippen LogP contribution in [0.25, 0.3) is 11.0 Å². The van der Waals surface area contributed by atoms with Gasteiger partial charge in [-0.25, -0.2) is 15.0 Å². The second-order valence-electron chi connectivity index (χ2n) is 5.40. The van der Waals surface area contributed by atoms with Gasteiger partial charge in [0.25, 0.3) is 0 Å². The largest absolute Gasteiger partial charge is 0.384 e. The van der Waals surface area contributed by atoms with Crippen LogP contribution in [0.3, 0.4) is 0 Å². The summed E-state index contributed by atoms with van der Waals surface area (Å²) in [6.07, 6.45) is 6.84. The van der Waals surface area contributed by atoms with Crippen molar-refractivity contribution < 1.29 is 0 Å². The summed E-state index contributed by atoms with van der Waals surface area (Å²) < 4.78 is 0. The van der Waals surface area contributed by atoms with E-state index in [1.807, 2.05) is 6.07 Å². The van der Waals surface area contributed by atoms with Crippen molar-refractivity contribution in [1.82, 2.24) is 15.0 Å². The third-order valence-corrected chi connectivity index (χ3v) is 3.61. The Balaban J connectivity index is 1.75. The van der Waals surface area contributed by atoms with Crippen LogP contribution < -0.4 is 11.1 Å². The van der Waals surface area contributed by atoms with Crippen molar-refractivity contribution in [1.29, 1.82) is 0 Å². The Hall–Kier alpha value is -1.91. The predicted octanol–water partition coefficient (Wildman–Crippen LogP) is 2.60. The molecule has 1 aliphatic rings. The molecular formula is C14H19N5. The molecule has 0 spiro atoms. The molecule has 100 valence electrons. The minimum Gasteiger partial charge on any atom is -0.384 e. The van der Waals surface area contributed by atoms with Crippen LogP contribution in [0.15, 0.2) is 18.5 Å². The number of fused-ring (bicyclic) bond motifs is 1. The van der Waals surface area contributed by atoms with E-state index in [1.165, 1.54) is 32.0 Å². The maximum atomic E-state index is 5.67. The van der Waals surface area contributed by atoms with Gasteiger partial charge in [-0.05, 0) is 37.8 Å². The minimum atomic E-state index is 0.413. The van der Waals surface area contributed by atoms with Crippen LogP contribution in [0.4, 0.5) is 11.6 Å². The topological polar surface area (TPSA) is 76.7 Å². The summed E-state index contributed by atoms with van der Waals surface area (Å²) in [6.45, 7) is 2.20. The van der Waals surface area contributed by atoms with Gasteiger partial charge in [-0.3, -0.25) is 0 Å². The van der Waals surface area contributed by atoms with Gasteiger partial charge in [0, 0.05) is 6.04 Å². The van der Waals surface area contributed by atoms with E-state index in [-0.39, 0.29) is 0 Å². The number of pyridine rings is 1. The summed E-state index contributed by atoms with van der Waals surface area (Å²) in [7, 11) is 0. The summed E-state index contributed by atoms with van der Waals surface area (Å²) in [5.41, 5.74) is 6.32. The molecule has 0 amide bonds. The van der Waals surface area contributed by atoms with E-state index in [0.717, 1.165) is 17.1 Å². The second-order valence-corrected chi connectivity index (χ2v) is 5.40. The second kappa shape index (κ2) is 4.99. The van der Waals surface area contributed by atoms with Gasteiger partial charge in [-0.15, -0.1) is 0 Å². The maximum Gasteiger partial charge on any atom is 0.166 e. The molecular weight excluding hydrogens is 238 g/mol. The summed E-state index contributed by atoms with van der Waals surface area (Å²) >= 11 is 0. The number of nitrogens with one attached hydrogen (secondary N) is 1. The van der Waals surface area contributed by atoms with Crippen LogP contribution >= 0.6 is 0 Å². The lowest BCUT2D eigenvalue weighted by Gasteiger charge is -2.15. The number of anilines is 2. The predicted molar refractivity (Wildman–Crippen MR) is 76.8 cm³/mol. The molecule has 0 aromatic carbocycles. The van der Waals surface area contributed by atoms with Gasteiger partial charge in [-0.2, -0.15) is 0 Å². The third-order valence-electron chi connectivity index (χ3n) is 3.61. The molecule has 1 atom stereocenters. The molecule has 0 radical (unpaired) electrons. The number of rotatable bonds is 5. The van der Waals surface area contributed by atoms with Crippen molar-refractivity contribution >= 4 is 22.7 Å². The standard InChI is InChI=1S/C14H19N5/c1-9(2-3-10-4-5-10)18-13-11-6-7-12(15)19-14(11)17-8-16-13/h6-10H,2-5H2,1H3,(H3,15,16,17,18,19). The average molecular weight is 257 g/mol. The van der Waals surface area contributed by atoms with Crippen molar-refractivity contribution in [3.05, 3.63) is 18.5 Å². The Bertz CT molecular complexity index is 579. The SMILES string of the molecule is CC(CCC1CC1)Nc1ncnc2nc(N)ccc12. The van der Waals surface area contributed by atoms with E-state index in [0.29, 0.717) is 17.5 Å². The Morgan fingerprint density at radius 2 is 2.21 bits per heavy atom. The van der Waals surface area contributed by atoms with E-state index < -0.39 is 0 Å². The number of nitrogen functional groups attached to an aromatic ring is 1. The van der Waals surface area contributed by atoms with Gasteiger partial charge >= 0.3 is 0 Å². The molecule has 5 heteroatoms. The highest BCUT2D eigenvalue weighted by Gasteiger charge is 2.21. The number of hydrogen-bond acceptors (Lipinski definition) is 5. The van der Waals surface area contributed by atoms with Gasteiger partial charge in [0.05, 0.1) is 5.39 Å². The van der Waals surface area contributed by atoms with Crippen molar-refractivity contribution in [3.8, 4) is 0 Å². The van der Waals surface area contributed by atoms with E-state index in [1.54, 1.807) is 6.07 Å². The first-order valence-corrected chi connectivity index (χ1v) is 6.86. The molecule has 2 aromatic rings. The highest BCUT2D eigenvalue weighted by Crippen LogP contribution is 2.34. The highest BCUT2D eigenvalue weighted by atomic mass is 15.1. The summed E-state index contributed by atoms with van der Waals surface area (Å²) in [5, 5.41) is 4.38. The molecule has 3 N–H and O–H groups in total. The van der Waals surface area contributed by atoms with Crippen LogP contribution in [0.5, 0.6) is 0 Å². The van der Waals surface area contributed by atoms with Crippen LogP contribution in [0.2, 0.25) is 0 Å². The zero-order chi connectivity index (χ0) is 13.2. The van der Waals surface area contributed by atoms with Gasteiger partial charge < -0.3 is 11.1 Å². The lowest BCUT2D eigenvalue weighted by Crippen LogP contribution is -2.16. The van der Waals surface area contributed by atoms with Crippen molar-refractivity contribution in [2.45, 2.75) is 38.6 Å². The Morgan fingerprint density at radius 1 is 1.37 bits per heavy atom. The Kier molecular flexibility index (Phi) is 3.19. The van der Waals surface area contributed by atoms with E-state index in [2.05, 4.69) is 27.2 Å². The van der Waals surface area contributed by atoms with Gasteiger partial charge in [0.15, 0.2) is 5.65 Å². The lowest BCUT2D eigenvalue weighted by molar-refractivity contribution is 0.609. The average Bonchev–Trinajstić information content (AvgIpc) is 3.20. The van der Waals surface area contributed by atoms with Gasteiger partial charge in [0.2, 0.25) is 0 Å². The molecule has 1 saturated carbocycles. The van der Waals surface area contributed by atoms with Crippen molar-refractivity contribution in [3.63, 3.8) is 0 Å². The normalized spacial score (nSPS) is 16.5. The van der Waals surface area contributed by atoms with E-state index >= 15 is 0 Å². The van der Waals surface area contributed by atoms with Gasteiger partial charge in [0.1, 0.15) is 18.0 Å². The number of nitrogens with zero attached hydrogens (tertiary/aromatic N) is 3. The minimum absolute atomic E-state index is 0.413. The molecule has 2 heterocycles. The molecule has 19 heavy (non-hydrogen) atoms. The molecule has 1 aliphatic carbocycles. The fraction of sp³-hybridized carbons (Fsp3) is 0.500. The zero-order valence-corrected chi connectivity index (χ0v) is 11.1. The van der Waals surface area contributed by atoms with E-state index in [4.69, 9.17) is 5.73 Å². The molecule has 1 unspecified atom stereocenters. The number of nitrogens with two attached hydrogens (primary N) is 1. The number of hydrogen-bond donors (Lipinski definition) is 2. The van der Waals surface area contributed by atoms with E-state index in [9.17, 15) is 0 Å². The maximum absolute atomic E-state index is 5.67.